The average Bonchev–Trinajstić information content (AvgIpc) is 2.86. The summed E-state index contributed by atoms with van der Waals surface area (Å²) in [5, 5.41) is 2.53. The van der Waals surface area contributed by atoms with Crippen molar-refractivity contribution in [1.29, 1.82) is 0 Å². The number of anilines is 2. The molecule has 0 atom stereocenters. The number of carbonyl (C=O) groups excluding carboxylic acids is 2. The van der Waals surface area contributed by atoms with Crippen LogP contribution in [0, 0.1) is 11.7 Å². The predicted octanol–water partition coefficient (Wildman–Crippen LogP) is 3.72. The van der Waals surface area contributed by atoms with E-state index in [-0.39, 0.29) is 55.2 Å². The fourth-order valence-electron chi connectivity index (χ4n) is 3.95. The molecule has 39 heavy (non-hydrogen) atoms. The molecule has 2 aromatic rings. The molecule has 3 rings (SSSR count). The second-order valence-electron chi connectivity index (χ2n) is 8.86. The van der Waals surface area contributed by atoms with Crippen LogP contribution >= 0.6 is 0 Å². The van der Waals surface area contributed by atoms with Crippen LogP contribution in [0.25, 0.3) is 6.08 Å². The van der Waals surface area contributed by atoms with Crippen molar-refractivity contribution in [3.05, 3.63) is 59.0 Å². The third-order valence-corrected chi connectivity index (χ3v) is 6.41. The lowest BCUT2D eigenvalue weighted by Crippen LogP contribution is -2.38. The normalized spacial score (nSPS) is 14.9. The standard InChI is InChI=1S/C25H28F4N4O5S/c1-3-38-24(35)18-10-12-33(13-11-18)23-17(5-8-21(31-23)25(27,28)29)6-9-22(34)30-15-16-4-7-20(19(26)14-16)32-39(2,36)37/h4-9,14,18,32H,3,10-13,15H2,1-2H3,(H,30,34). The maximum Gasteiger partial charge on any atom is 0.433 e. The van der Waals surface area contributed by atoms with E-state index in [2.05, 4.69) is 10.3 Å². The van der Waals surface area contributed by atoms with Crippen molar-refractivity contribution in [1.82, 2.24) is 10.3 Å². The summed E-state index contributed by atoms with van der Waals surface area (Å²) in [5.74, 6) is -2.08. The molecule has 0 unspecified atom stereocenters. The number of hydrogen-bond acceptors (Lipinski definition) is 7. The number of pyridine rings is 1. The van der Waals surface area contributed by atoms with Gasteiger partial charge >= 0.3 is 12.1 Å². The summed E-state index contributed by atoms with van der Waals surface area (Å²) in [6.45, 7) is 2.41. The number of alkyl halides is 3. The van der Waals surface area contributed by atoms with Gasteiger partial charge in [0.15, 0.2) is 0 Å². The van der Waals surface area contributed by atoms with Crippen LogP contribution in [0.2, 0.25) is 0 Å². The Kier molecular flexibility index (Phi) is 9.54. The topological polar surface area (TPSA) is 118 Å². The van der Waals surface area contributed by atoms with Crippen molar-refractivity contribution in [2.45, 2.75) is 32.5 Å². The highest BCUT2D eigenvalue weighted by Gasteiger charge is 2.34. The molecule has 1 aliphatic rings. The Morgan fingerprint density at radius 1 is 1.18 bits per heavy atom. The van der Waals surface area contributed by atoms with Crippen LogP contribution in [0.5, 0.6) is 0 Å². The van der Waals surface area contributed by atoms with Gasteiger partial charge in [-0.2, -0.15) is 13.2 Å². The summed E-state index contributed by atoms with van der Waals surface area (Å²) in [4.78, 5) is 29.8. The summed E-state index contributed by atoms with van der Waals surface area (Å²) in [6.07, 6.45) is -0.565. The molecule has 14 heteroatoms. The van der Waals surface area contributed by atoms with Crippen LogP contribution in [0.15, 0.2) is 36.4 Å². The Bertz CT molecular complexity index is 1340. The summed E-state index contributed by atoms with van der Waals surface area (Å²) < 4.78 is 83.8. The molecular weight excluding hydrogens is 544 g/mol. The number of aromatic nitrogens is 1. The lowest BCUT2D eigenvalue weighted by Gasteiger charge is -2.33. The highest BCUT2D eigenvalue weighted by molar-refractivity contribution is 7.92. The summed E-state index contributed by atoms with van der Waals surface area (Å²) in [7, 11) is -3.66. The maximum atomic E-state index is 14.1. The fraction of sp³-hybridized carbons (Fsp3) is 0.400. The molecule has 0 aliphatic carbocycles. The Morgan fingerprint density at radius 2 is 1.87 bits per heavy atom. The number of nitrogens with zero attached hydrogens (tertiary/aromatic N) is 2. The fourth-order valence-corrected chi connectivity index (χ4v) is 4.52. The van der Waals surface area contributed by atoms with Gasteiger partial charge in [0.1, 0.15) is 17.3 Å². The summed E-state index contributed by atoms with van der Waals surface area (Å²) >= 11 is 0. The van der Waals surface area contributed by atoms with Gasteiger partial charge in [-0.3, -0.25) is 14.3 Å². The van der Waals surface area contributed by atoms with E-state index in [0.717, 1.165) is 24.5 Å². The number of amides is 1. The number of piperidine rings is 1. The summed E-state index contributed by atoms with van der Waals surface area (Å²) in [5.41, 5.74) is -0.687. The van der Waals surface area contributed by atoms with E-state index in [1.807, 2.05) is 4.72 Å². The third kappa shape index (κ3) is 8.67. The van der Waals surface area contributed by atoms with Gasteiger partial charge in [0.25, 0.3) is 0 Å². The Hall–Kier alpha value is -3.68. The quantitative estimate of drug-likeness (QED) is 0.267. The minimum Gasteiger partial charge on any atom is -0.466 e. The van der Waals surface area contributed by atoms with Gasteiger partial charge in [-0.1, -0.05) is 6.07 Å². The number of esters is 1. The van der Waals surface area contributed by atoms with E-state index >= 15 is 0 Å². The largest absolute Gasteiger partial charge is 0.466 e. The Labute approximate surface area is 223 Å². The molecule has 0 spiro atoms. The van der Waals surface area contributed by atoms with E-state index in [1.165, 1.54) is 24.3 Å². The first-order chi connectivity index (χ1) is 18.3. The van der Waals surface area contributed by atoms with Gasteiger partial charge in [0.2, 0.25) is 15.9 Å². The van der Waals surface area contributed by atoms with E-state index < -0.39 is 33.6 Å². The van der Waals surface area contributed by atoms with Crippen LogP contribution < -0.4 is 14.9 Å². The molecule has 0 radical (unpaired) electrons. The molecule has 0 bridgehead atoms. The van der Waals surface area contributed by atoms with Crippen LogP contribution in [0.4, 0.5) is 29.1 Å². The first kappa shape index (κ1) is 29.9. The zero-order valence-electron chi connectivity index (χ0n) is 21.2. The second kappa shape index (κ2) is 12.5. The molecule has 1 amide bonds. The number of sulfonamides is 1. The Morgan fingerprint density at radius 3 is 2.46 bits per heavy atom. The van der Waals surface area contributed by atoms with Gasteiger partial charge < -0.3 is 15.0 Å². The Balaban J connectivity index is 1.71. The molecule has 9 nitrogen and oxygen atoms in total. The van der Waals surface area contributed by atoms with Crippen molar-refractivity contribution >= 4 is 39.5 Å². The molecule has 1 aromatic carbocycles. The third-order valence-electron chi connectivity index (χ3n) is 5.82. The van der Waals surface area contributed by atoms with Crippen molar-refractivity contribution in [2.75, 3.05) is 35.6 Å². The van der Waals surface area contributed by atoms with Crippen molar-refractivity contribution in [3.63, 3.8) is 0 Å². The molecule has 212 valence electrons. The molecular formula is C25H28F4N4O5S. The zero-order valence-corrected chi connectivity index (χ0v) is 22.0. The predicted molar refractivity (Wildman–Crippen MR) is 137 cm³/mol. The first-order valence-corrected chi connectivity index (χ1v) is 13.9. The molecule has 2 heterocycles. The van der Waals surface area contributed by atoms with Crippen LogP contribution in [-0.4, -0.2) is 51.2 Å². The number of halogens is 4. The molecule has 0 saturated carbocycles. The highest BCUT2D eigenvalue weighted by Crippen LogP contribution is 2.32. The van der Waals surface area contributed by atoms with E-state index in [1.54, 1.807) is 11.8 Å². The highest BCUT2D eigenvalue weighted by atomic mass is 32.2. The lowest BCUT2D eigenvalue weighted by atomic mass is 9.96. The minimum absolute atomic E-state index is 0.0345. The van der Waals surface area contributed by atoms with Gasteiger partial charge in [-0.25, -0.2) is 17.8 Å². The number of ether oxygens (including phenoxy) is 1. The van der Waals surface area contributed by atoms with E-state index in [0.29, 0.717) is 18.4 Å². The van der Waals surface area contributed by atoms with Crippen molar-refractivity contribution in [2.24, 2.45) is 5.92 Å². The average molecular weight is 573 g/mol. The van der Waals surface area contributed by atoms with Crippen LogP contribution in [-0.2, 0) is 37.1 Å². The number of hydrogen-bond donors (Lipinski definition) is 2. The van der Waals surface area contributed by atoms with Gasteiger partial charge in [0, 0.05) is 31.3 Å². The van der Waals surface area contributed by atoms with E-state index in [9.17, 15) is 35.6 Å². The molecule has 1 aliphatic heterocycles. The molecule has 1 aromatic heterocycles. The smallest absolute Gasteiger partial charge is 0.433 e. The SMILES string of the molecule is CCOC(=O)C1CCN(c2nc(C(F)(F)F)ccc2C=CC(=O)NCc2ccc(NS(C)(=O)=O)c(F)c2)CC1. The maximum absolute atomic E-state index is 14.1. The second-order valence-corrected chi connectivity index (χ2v) is 10.6. The monoisotopic (exact) mass is 572 g/mol. The van der Waals surface area contributed by atoms with Gasteiger partial charge in [0.05, 0.1) is 24.5 Å². The molecule has 1 fully saturated rings. The zero-order chi connectivity index (χ0) is 28.8. The van der Waals surface area contributed by atoms with Gasteiger partial charge in [-0.05, 0) is 55.7 Å². The lowest BCUT2D eigenvalue weighted by molar-refractivity contribution is -0.148. The van der Waals surface area contributed by atoms with E-state index in [4.69, 9.17) is 4.74 Å². The van der Waals surface area contributed by atoms with Gasteiger partial charge in [-0.15, -0.1) is 0 Å². The molecule has 1 saturated heterocycles. The van der Waals surface area contributed by atoms with Crippen LogP contribution in [0.1, 0.15) is 36.6 Å². The summed E-state index contributed by atoms with van der Waals surface area (Å²) in [6, 6.07) is 5.75. The van der Waals surface area contributed by atoms with Crippen molar-refractivity contribution in [3.8, 4) is 0 Å². The number of benzene rings is 1. The number of carbonyl (C=O) groups is 2. The first-order valence-electron chi connectivity index (χ1n) is 12.0. The van der Waals surface area contributed by atoms with Crippen LogP contribution in [0.3, 0.4) is 0 Å². The van der Waals surface area contributed by atoms with Crippen molar-refractivity contribution < 1.29 is 40.3 Å². The number of rotatable bonds is 9. The number of nitrogens with one attached hydrogen (secondary N) is 2. The minimum atomic E-state index is -4.67. The molecule has 2 N–H and O–H groups in total.